The molecule has 1 unspecified atom stereocenters. The summed E-state index contributed by atoms with van der Waals surface area (Å²) in [5.74, 6) is 0.207. The summed E-state index contributed by atoms with van der Waals surface area (Å²) in [7, 11) is 0. The van der Waals surface area contributed by atoms with Gasteiger partial charge in [0.15, 0.2) is 11.1 Å². The fourth-order valence-corrected chi connectivity index (χ4v) is 3.01. The molecule has 3 nitrogen and oxygen atoms in total. The lowest BCUT2D eigenvalue weighted by Crippen LogP contribution is -1.94. The lowest BCUT2D eigenvalue weighted by Gasteiger charge is -2.12. The third-order valence-corrected chi connectivity index (χ3v) is 4.20. The molecule has 0 aliphatic carbocycles. The molecule has 0 aliphatic heterocycles. The highest BCUT2D eigenvalue weighted by Crippen LogP contribution is 2.35. The lowest BCUT2D eigenvalue weighted by molar-refractivity contribution is 0.475. The second-order valence-electron chi connectivity index (χ2n) is 4.84. The molecule has 0 spiro atoms. The van der Waals surface area contributed by atoms with E-state index in [0.29, 0.717) is 4.90 Å². The summed E-state index contributed by atoms with van der Waals surface area (Å²) in [5.41, 5.74) is 3.49. The van der Waals surface area contributed by atoms with Crippen LogP contribution < -0.4 is 0 Å². The van der Waals surface area contributed by atoms with Gasteiger partial charge in [-0.05, 0) is 34.9 Å². The predicted octanol–water partition coefficient (Wildman–Crippen LogP) is 4.31. The number of rotatable bonds is 3. The van der Waals surface area contributed by atoms with E-state index < -0.39 is 11.1 Å². The van der Waals surface area contributed by atoms with Gasteiger partial charge in [-0.15, -0.1) is 0 Å². The molecule has 22 heavy (non-hydrogen) atoms. The van der Waals surface area contributed by atoms with E-state index in [-0.39, 0.29) is 5.75 Å². The summed E-state index contributed by atoms with van der Waals surface area (Å²) in [6.45, 7) is 0. The monoisotopic (exact) mass is 310 g/mol. The molecule has 1 atom stereocenters. The molecule has 0 bridgehead atoms. The molecule has 4 heteroatoms. The van der Waals surface area contributed by atoms with Crippen LogP contribution in [0.2, 0.25) is 0 Å². The molecule has 0 aliphatic rings. The first-order valence-electron chi connectivity index (χ1n) is 6.75. The fraction of sp³-hybridized carbons (Fsp3) is 0. The molecule has 0 amide bonds. The van der Waals surface area contributed by atoms with Crippen molar-refractivity contribution in [3.63, 3.8) is 0 Å². The minimum atomic E-state index is -2.05. The third-order valence-electron chi connectivity index (χ3n) is 3.47. The van der Waals surface area contributed by atoms with Crippen molar-refractivity contribution in [2.24, 2.45) is 0 Å². The predicted molar refractivity (Wildman–Crippen MR) is 88.0 cm³/mol. The molecule has 3 rings (SSSR count). The van der Waals surface area contributed by atoms with Crippen molar-refractivity contribution >= 4 is 11.1 Å². The molecule has 3 aromatic carbocycles. The molecule has 0 heterocycles. The Hall–Kier alpha value is -2.43. The van der Waals surface area contributed by atoms with E-state index in [1.807, 2.05) is 48.5 Å². The maximum atomic E-state index is 11.6. The minimum Gasteiger partial charge on any atom is -0.508 e. The van der Waals surface area contributed by atoms with Crippen molar-refractivity contribution in [2.75, 3.05) is 0 Å². The normalized spacial score (nSPS) is 12.0. The van der Waals surface area contributed by atoms with Crippen LogP contribution in [0, 0.1) is 0 Å². The average molecular weight is 310 g/mol. The number of phenols is 1. The average Bonchev–Trinajstić information content (AvgIpc) is 2.55. The van der Waals surface area contributed by atoms with E-state index in [1.165, 1.54) is 0 Å². The Bertz CT molecular complexity index is 826. The first kappa shape index (κ1) is 14.5. The van der Waals surface area contributed by atoms with E-state index in [0.717, 1.165) is 22.3 Å². The fourth-order valence-electron chi connectivity index (χ4n) is 2.45. The van der Waals surface area contributed by atoms with Crippen LogP contribution in [0.25, 0.3) is 22.3 Å². The first-order valence-corrected chi connectivity index (χ1v) is 7.86. The standard InChI is InChI=1S/C18H14O3S/c19-14-11-9-13(10-12-14)15-5-1-2-6-16(15)17-7-3-4-8-18(17)22(20)21/h1-12,19H,(H,20,21). The summed E-state index contributed by atoms with van der Waals surface area (Å²) in [5, 5.41) is 9.43. The van der Waals surface area contributed by atoms with Crippen LogP contribution in [-0.4, -0.2) is 13.9 Å². The van der Waals surface area contributed by atoms with Gasteiger partial charge in [-0.1, -0.05) is 54.6 Å². The van der Waals surface area contributed by atoms with Crippen LogP contribution in [0.1, 0.15) is 0 Å². The van der Waals surface area contributed by atoms with E-state index in [4.69, 9.17) is 0 Å². The van der Waals surface area contributed by atoms with Gasteiger partial charge < -0.3 is 9.66 Å². The molecule has 0 saturated carbocycles. The summed E-state index contributed by atoms with van der Waals surface area (Å²) in [6, 6.07) is 21.7. The molecular formula is C18H14O3S. The largest absolute Gasteiger partial charge is 0.508 e. The zero-order valence-electron chi connectivity index (χ0n) is 11.6. The van der Waals surface area contributed by atoms with Crippen molar-refractivity contribution in [2.45, 2.75) is 4.90 Å². The third kappa shape index (κ3) is 2.79. The van der Waals surface area contributed by atoms with Crippen molar-refractivity contribution in [1.82, 2.24) is 0 Å². The van der Waals surface area contributed by atoms with E-state index in [2.05, 4.69) is 0 Å². The maximum absolute atomic E-state index is 11.6. The van der Waals surface area contributed by atoms with Crippen LogP contribution in [-0.2, 0) is 11.1 Å². The maximum Gasteiger partial charge on any atom is 0.187 e. The van der Waals surface area contributed by atoms with Gasteiger partial charge in [0.05, 0.1) is 4.90 Å². The van der Waals surface area contributed by atoms with Gasteiger partial charge in [-0.3, -0.25) is 0 Å². The van der Waals surface area contributed by atoms with E-state index in [9.17, 15) is 13.9 Å². The van der Waals surface area contributed by atoms with Gasteiger partial charge in [0.1, 0.15) is 5.75 Å². The van der Waals surface area contributed by atoms with E-state index >= 15 is 0 Å². The highest BCUT2D eigenvalue weighted by Gasteiger charge is 2.13. The molecule has 110 valence electrons. The lowest BCUT2D eigenvalue weighted by atomic mass is 9.94. The second kappa shape index (κ2) is 6.13. The summed E-state index contributed by atoms with van der Waals surface area (Å²) in [4.78, 5) is 0.383. The van der Waals surface area contributed by atoms with E-state index in [1.54, 1.807) is 24.3 Å². The van der Waals surface area contributed by atoms with Crippen molar-refractivity contribution < 1.29 is 13.9 Å². The molecule has 0 radical (unpaired) electrons. The van der Waals surface area contributed by atoms with Crippen molar-refractivity contribution in [3.8, 4) is 28.0 Å². The highest BCUT2D eigenvalue weighted by atomic mass is 32.2. The minimum absolute atomic E-state index is 0.207. The molecule has 0 saturated heterocycles. The molecule has 3 aromatic rings. The Morgan fingerprint density at radius 3 is 1.86 bits per heavy atom. The Labute approximate surface area is 131 Å². The molecule has 2 N–H and O–H groups in total. The van der Waals surface area contributed by atoms with Gasteiger partial charge in [0.2, 0.25) is 0 Å². The number of benzene rings is 3. The quantitative estimate of drug-likeness (QED) is 0.709. The molecular weight excluding hydrogens is 296 g/mol. The van der Waals surface area contributed by atoms with Crippen molar-refractivity contribution in [3.05, 3.63) is 72.8 Å². The van der Waals surface area contributed by atoms with Crippen LogP contribution in [0.3, 0.4) is 0 Å². The van der Waals surface area contributed by atoms with Crippen LogP contribution in [0.5, 0.6) is 5.75 Å². The van der Waals surface area contributed by atoms with Crippen molar-refractivity contribution in [1.29, 1.82) is 0 Å². The van der Waals surface area contributed by atoms with Gasteiger partial charge in [0.25, 0.3) is 0 Å². The van der Waals surface area contributed by atoms with Gasteiger partial charge in [0, 0.05) is 5.56 Å². The highest BCUT2D eigenvalue weighted by molar-refractivity contribution is 7.79. The first-order chi connectivity index (χ1) is 10.7. The number of hydrogen-bond acceptors (Lipinski definition) is 2. The van der Waals surface area contributed by atoms with Gasteiger partial charge in [-0.25, -0.2) is 4.21 Å². The van der Waals surface area contributed by atoms with Crippen LogP contribution in [0.15, 0.2) is 77.7 Å². The number of phenolic OH excluding ortho intramolecular Hbond substituents is 1. The van der Waals surface area contributed by atoms with Crippen LogP contribution >= 0.6 is 0 Å². The van der Waals surface area contributed by atoms with Gasteiger partial charge in [-0.2, -0.15) is 0 Å². The Morgan fingerprint density at radius 2 is 1.23 bits per heavy atom. The second-order valence-corrected chi connectivity index (χ2v) is 5.78. The topological polar surface area (TPSA) is 57.5 Å². The zero-order valence-corrected chi connectivity index (χ0v) is 12.5. The SMILES string of the molecule is O=S(O)c1ccccc1-c1ccccc1-c1ccc(O)cc1. The summed E-state index contributed by atoms with van der Waals surface area (Å²) in [6.07, 6.45) is 0. The Kier molecular flexibility index (Phi) is 4.04. The smallest absolute Gasteiger partial charge is 0.187 e. The Morgan fingerprint density at radius 1 is 0.682 bits per heavy atom. The molecule has 0 fully saturated rings. The summed E-state index contributed by atoms with van der Waals surface area (Å²) < 4.78 is 21.1. The Balaban J connectivity index is 2.21. The van der Waals surface area contributed by atoms with Crippen LogP contribution in [0.4, 0.5) is 0 Å². The number of aromatic hydroxyl groups is 1. The van der Waals surface area contributed by atoms with Gasteiger partial charge >= 0.3 is 0 Å². The molecule has 0 aromatic heterocycles. The zero-order chi connectivity index (χ0) is 15.5. The summed E-state index contributed by atoms with van der Waals surface area (Å²) >= 11 is -2.05. The number of hydrogen-bond donors (Lipinski definition) is 2.